The zero-order valence-corrected chi connectivity index (χ0v) is 10.4. The van der Waals surface area contributed by atoms with E-state index in [1.807, 2.05) is 6.07 Å². The molecule has 2 rings (SSSR count). The Morgan fingerprint density at radius 3 is 2.47 bits per heavy atom. The number of nitrogens with one attached hydrogen (secondary N) is 1. The Labute approximate surface area is 114 Å². The van der Waals surface area contributed by atoms with Crippen LogP contribution in [0.5, 0.6) is 0 Å². The average molecular weight is 275 g/mol. The molecule has 0 atom stereocenters. The maximum absolute atomic E-state index is 13.2. The van der Waals surface area contributed by atoms with Gasteiger partial charge in [0, 0.05) is 11.3 Å². The van der Waals surface area contributed by atoms with Gasteiger partial charge in [-0.1, -0.05) is 11.6 Å². The standard InChI is InChI=1S/C14H8ClFN2O/c15-12-6-3-10(7-13(12)16)14(19)18-11-4-1-9(8-17)2-5-11/h1-7H,(H,18,19). The van der Waals surface area contributed by atoms with Gasteiger partial charge < -0.3 is 5.32 Å². The van der Waals surface area contributed by atoms with Gasteiger partial charge in [0.15, 0.2) is 0 Å². The molecule has 0 saturated heterocycles. The van der Waals surface area contributed by atoms with Gasteiger partial charge in [0.05, 0.1) is 16.7 Å². The molecule has 94 valence electrons. The molecule has 2 aromatic carbocycles. The molecular formula is C14H8ClFN2O. The summed E-state index contributed by atoms with van der Waals surface area (Å²) in [6, 6.07) is 12.2. The number of anilines is 1. The van der Waals surface area contributed by atoms with Crippen molar-refractivity contribution < 1.29 is 9.18 Å². The topological polar surface area (TPSA) is 52.9 Å². The molecule has 1 amide bonds. The predicted octanol–water partition coefficient (Wildman–Crippen LogP) is 3.60. The first-order valence-electron chi connectivity index (χ1n) is 5.37. The SMILES string of the molecule is N#Cc1ccc(NC(=O)c2ccc(Cl)c(F)c2)cc1. The van der Waals surface area contributed by atoms with Crippen LogP contribution in [0.15, 0.2) is 42.5 Å². The van der Waals surface area contributed by atoms with E-state index >= 15 is 0 Å². The Bertz CT molecular complexity index is 662. The van der Waals surface area contributed by atoms with E-state index in [1.54, 1.807) is 24.3 Å². The van der Waals surface area contributed by atoms with Crippen molar-refractivity contribution in [1.82, 2.24) is 0 Å². The Hall–Kier alpha value is -2.38. The molecule has 0 heterocycles. The van der Waals surface area contributed by atoms with Crippen LogP contribution < -0.4 is 5.32 Å². The molecule has 2 aromatic rings. The Morgan fingerprint density at radius 1 is 1.21 bits per heavy atom. The summed E-state index contributed by atoms with van der Waals surface area (Å²) in [7, 11) is 0. The van der Waals surface area contributed by atoms with Crippen LogP contribution in [0.25, 0.3) is 0 Å². The molecule has 0 aliphatic rings. The highest BCUT2D eigenvalue weighted by molar-refractivity contribution is 6.30. The smallest absolute Gasteiger partial charge is 0.255 e. The second-order valence-corrected chi connectivity index (χ2v) is 4.18. The maximum Gasteiger partial charge on any atom is 0.255 e. The van der Waals surface area contributed by atoms with Gasteiger partial charge in [-0.2, -0.15) is 5.26 Å². The van der Waals surface area contributed by atoms with Gasteiger partial charge >= 0.3 is 0 Å². The Morgan fingerprint density at radius 2 is 1.89 bits per heavy atom. The molecule has 19 heavy (non-hydrogen) atoms. The molecule has 3 nitrogen and oxygen atoms in total. The average Bonchev–Trinajstić information content (AvgIpc) is 2.42. The second-order valence-electron chi connectivity index (χ2n) is 3.77. The molecule has 0 bridgehead atoms. The number of hydrogen-bond acceptors (Lipinski definition) is 2. The van der Waals surface area contributed by atoms with Crippen LogP contribution in [0.1, 0.15) is 15.9 Å². The van der Waals surface area contributed by atoms with E-state index in [4.69, 9.17) is 16.9 Å². The lowest BCUT2D eigenvalue weighted by Gasteiger charge is -2.05. The van der Waals surface area contributed by atoms with Crippen LogP contribution in [0, 0.1) is 17.1 Å². The number of benzene rings is 2. The summed E-state index contributed by atoms with van der Waals surface area (Å²) in [6.07, 6.45) is 0. The first-order valence-corrected chi connectivity index (χ1v) is 5.74. The van der Waals surface area contributed by atoms with Crippen LogP contribution in [0.2, 0.25) is 5.02 Å². The van der Waals surface area contributed by atoms with Gasteiger partial charge in [0.2, 0.25) is 0 Å². The van der Waals surface area contributed by atoms with Crippen molar-refractivity contribution in [2.24, 2.45) is 0 Å². The minimum Gasteiger partial charge on any atom is -0.322 e. The number of rotatable bonds is 2. The minimum atomic E-state index is -0.644. The number of nitrogens with zero attached hydrogens (tertiary/aromatic N) is 1. The van der Waals surface area contributed by atoms with Crippen molar-refractivity contribution in [2.45, 2.75) is 0 Å². The first kappa shape index (κ1) is 13.1. The molecular weight excluding hydrogens is 267 g/mol. The lowest BCUT2D eigenvalue weighted by atomic mass is 10.2. The van der Waals surface area contributed by atoms with E-state index in [2.05, 4.69) is 5.32 Å². The molecule has 0 unspecified atom stereocenters. The molecule has 1 N–H and O–H groups in total. The number of halogens is 2. The van der Waals surface area contributed by atoms with Gasteiger partial charge in [-0.25, -0.2) is 4.39 Å². The van der Waals surface area contributed by atoms with E-state index < -0.39 is 11.7 Å². The predicted molar refractivity (Wildman–Crippen MR) is 70.5 cm³/mol. The van der Waals surface area contributed by atoms with Gasteiger partial charge in [-0.05, 0) is 42.5 Å². The highest BCUT2D eigenvalue weighted by atomic mass is 35.5. The molecule has 5 heteroatoms. The number of carbonyl (C=O) groups is 1. The molecule has 0 aliphatic heterocycles. The summed E-state index contributed by atoms with van der Waals surface area (Å²) in [5, 5.41) is 11.2. The molecule has 0 aromatic heterocycles. The van der Waals surface area contributed by atoms with Gasteiger partial charge in [0.25, 0.3) is 5.91 Å². The lowest BCUT2D eigenvalue weighted by molar-refractivity contribution is 0.102. The molecule has 0 saturated carbocycles. The third-order valence-corrected chi connectivity index (χ3v) is 2.76. The van der Waals surface area contributed by atoms with E-state index in [-0.39, 0.29) is 10.6 Å². The zero-order valence-electron chi connectivity index (χ0n) is 9.65. The summed E-state index contributed by atoms with van der Waals surface area (Å²) < 4.78 is 13.2. The van der Waals surface area contributed by atoms with Gasteiger partial charge in [0.1, 0.15) is 5.82 Å². The van der Waals surface area contributed by atoms with Gasteiger partial charge in [-0.15, -0.1) is 0 Å². The fraction of sp³-hybridized carbons (Fsp3) is 0. The largest absolute Gasteiger partial charge is 0.322 e. The molecule has 0 fully saturated rings. The van der Waals surface area contributed by atoms with Gasteiger partial charge in [-0.3, -0.25) is 4.79 Å². The minimum absolute atomic E-state index is 0.0325. The first-order chi connectivity index (χ1) is 9.10. The summed E-state index contributed by atoms with van der Waals surface area (Å²) in [5.41, 5.74) is 1.20. The monoisotopic (exact) mass is 274 g/mol. The maximum atomic E-state index is 13.2. The number of carbonyl (C=O) groups excluding carboxylic acids is 1. The van der Waals surface area contributed by atoms with E-state index in [1.165, 1.54) is 12.1 Å². The Kier molecular flexibility index (Phi) is 3.79. The van der Waals surface area contributed by atoms with Crippen molar-refractivity contribution in [1.29, 1.82) is 5.26 Å². The van der Waals surface area contributed by atoms with Crippen LogP contribution in [0.4, 0.5) is 10.1 Å². The van der Waals surface area contributed by atoms with Crippen LogP contribution in [-0.2, 0) is 0 Å². The van der Waals surface area contributed by atoms with Crippen LogP contribution in [0.3, 0.4) is 0 Å². The fourth-order valence-electron chi connectivity index (χ4n) is 1.47. The highest BCUT2D eigenvalue weighted by Gasteiger charge is 2.09. The van der Waals surface area contributed by atoms with Crippen molar-refractivity contribution in [3.63, 3.8) is 0 Å². The molecule has 0 spiro atoms. The number of amides is 1. The molecule has 0 aliphatic carbocycles. The normalized spacial score (nSPS) is 9.74. The Balaban J connectivity index is 2.16. The van der Waals surface area contributed by atoms with Crippen molar-refractivity contribution >= 4 is 23.2 Å². The second kappa shape index (κ2) is 5.51. The summed E-state index contributed by atoms with van der Waals surface area (Å²) in [6.45, 7) is 0. The highest BCUT2D eigenvalue weighted by Crippen LogP contribution is 2.17. The third kappa shape index (κ3) is 3.09. The van der Waals surface area contributed by atoms with Crippen LogP contribution >= 0.6 is 11.6 Å². The van der Waals surface area contributed by atoms with E-state index in [0.717, 1.165) is 6.07 Å². The van der Waals surface area contributed by atoms with Crippen LogP contribution in [-0.4, -0.2) is 5.91 Å². The van der Waals surface area contributed by atoms with E-state index in [0.29, 0.717) is 11.3 Å². The molecule has 0 radical (unpaired) electrons. The lowest BCUT2D eigenvalue weighted by Crippen LogP contribution is -2.12. The summed E-state index contributed by atoms with van der Waals surface area (Å²) >= 11 is 5.54. The summed E-state index contributed by atoms with van der Waals surface area (Å²) in [4.78, 5) is 11.8. The van der Waals surface area contributed by atoms with E-state index in [9.17, 15) is 9.18 Å². The zero-order chi connectivity index (χ0) is 13.8. The fourth-order valence-corrected chi connectivity index (χ4v) is 1.59. The quantitative estimate of drug-likeness (QED) is 0.909. The third-order valence-electron chi connectivity index (χ3n) is 2.45. The van der Waals surface area contributed by atoms with Crippen molar-refractivity contribution in [2.75, 3.05) is 5.32 Å². The van der Waals surface area contributed by atoms with Crippen molar-refractivity contribution in [3.05, 3.63) is 64.4 Å². The van der Waals surface area contributed by atoms with Crippen molar-refractivity contribution in [3.8, 4) is 6.07 Å². The summed E-state index contributed by atoms with van der Waals surface area (Å²) in [5.74, 6) is -1.09. The number of hydrogen-bond donors (Lipinski definition) is 1. The number of nitriles is 1.